The van der Waals surface area contributed by atoms with Crippen LogP contribution in [0.2, 0.25) is 0 Å². The molecule has 14 heavy (non-hydrogen) atoms. The average molecular weight is 197 g/mol. The third-order valence-electron chi connectivity index (χ3n) is 2.24. The number of hydrogen-bond acceptors (Lipinski definition) is 4. The largest absolute Gasteiger partial charge is 0.339 e. The minimum atomic E-state index is 0.318. The van der Waals surface area contributed by atoms with Crippen molar-refractivity contribution in [2.45, 2.75) is 45.4 Å². The third kappa shape index (κ3) is 2.80. The monoisotopic (exact) mass is 197 g/mol. The summed E-state index contributed by atoms with van der Waals surface area (Å²) in [6, 6.07) is 0. The number of hydrogen-bond donors (Lipinski definition) is 1. The van der Waals surface area contributed by atoms with Crippen LogP contribution in [0.4, 0.5) is 0 Å². The summed E-state index contributed by atoms with van der Waals surface area (Å²) in [7, 11) is 0. The normalized spacial score (nSPS) is 13.5. The molecule has 0 aliphatic heterocycles. The number of nitrogens with zero attached hydrogens (tertiary/aromatic N) is 2. The average Bonchev–Trinajstić information content (AvgIpc) is 2.62. The summed E-state index contributed by atoms with van der Waals surface area (Å²) < 4.78 is 5.18. The van der Waals surface area contributed by atoms with Crippen LogP contribution in [-0.2, 0) is 0 Å². The summed E-state index contributed by atoms with van der Waals surface area (Å²) in [5, 5.41) is 3.93. The number of rotatable bonds is 5. The molecule has 0 bridgehead atoms. The Kier molecular flexibility index (Phi) is 4.07. The fourth-order valence-electron chi connectivity index (χ4n) is 1.23. The molecule has 0 saturated heterocycles. The standard InChI is InChI=1S/C10H19N3O/c1-7(2)9-12-10(14-13-9)8(3)5-4-6-11/h7-8H,4-6,11H2,1-3H3. The van der Waals surface area contributed by atoms with Gasteiger partial charge in [-0.3, -0.25) is 0 Å². The Balaban J connectivity index is 2.57. The Morgan fingerprint density at radius 3 is 2.57 bits per heavy atom. The third-order valence-corrected chi connectivity index (χ3v) is 2.24. The van der Waals surface area contributed by atoms with Crippen LogP contribution in [0.25, 0.3) is 0 Å². The van der Waals surface area contributed by atoms with Crippen molar-refractivity contribution in [1.82, 2.24) is 10.1 Å². The molecule has 1 heterocycles. The van der Waals surface area contributed by atoms with Crippen LogP contribution in [-0.4, -0.2) is 16.7 Å². The van der Waals surface area contributed by atoms with Crippen molar-refractivity contribution < 1.29 is 4.52 Å². The molecule has 0 amide bonds. The summed E-state index contributed by atoms with van der Waals surface area (Å²) in [5.74, 6) is 2.18. The SMILES string of the molecule is CC(C)c1noc(C(C)CCCN)n1. The fourth-order valence-corrected chi connectivity index (χ4v) is 1.23. The molecule has 0 radical (unpaired) electrons. The van der Waals surface area contributed by atoms with Crippen LogP contribution in [0, 0.1) is 0 Å². The van der Waals surface area contributed by atoms with E-state index < -0.39 is 0 Å². The van der Waals surface area contributed by atoms with Crippen LogP contribution in [0.3, 0.4) is 0 Å². The van der Waals surface area contributed by atoms with E-state index in [9.17, 15) is 0 Å². The number of nitrogens with two attached hydrogens (primary N) is 1. The quantitative estimate of drug-likeness (QED) is 0.784. The highest BCUT2D eigenvalue weighted by Crippen LogP contribution is 2.20. The molecular weight excluding hydrogens is 178 g/mol. The summed E-state index contributed by atoms with van der Waals surface area (Å²) in [6.07, 6.45) is 2.01. The lowest BCUT2D eigenvalue weighted by Crippen LogP contribution is -2.02. The van der Waals surface area contributed by atoms with E-state index in [1.807, 2.05) is 0 Å². The summed E-state index contributed by atoms with van der Waals surface area (Å²) in [4.78, 5) is 4.34. The van der Waals surface area contributed by atoms with Gasteiger partial charge in [0.2, 0.25) is 5.89 Å². The molecule has 0 aromatic carbocycles. The molecule has 1 atom stereocenters. The van der Waals surface area contributed by atoms with E-state index in [2.05, 4.69) is 30.9 Å². The van der Waals surface area contributed by atoms with E-state index in [0.717, 1.165) is 31.1 Å². The van der Waals surface area contributed by atoms with E-state index in [-0.39, 0.29) is 0 Å². The van der Waals surface area contributed by atoms with Crippen molar-refractivity contribution in [3.8, 4) is 0 Å². The molecule has 1 aromatic heterocycles. The van der Waals surface area contributed by atoms with Crippen molar-refractivity contribution in [2.24, 2.45) is 5.73 Å². The van der Waals surface area contributed by atoms with Gasteiger partial charge < -0.3 is 10.3 Å². The predicted octanol–water partition coefficient (Wildman–Crippen LogP) is 2.04. The van der Waals surface area contributed by atoms with Gasteiger partial charge in [0.1, 0.15) is 0 Å². The highest BCUT2D eigenvalue weighted by Gasteiger charge is 2.15. The lowest BCUT2D eigenvalue weighted by molar-refractivity contribution is 0.347. The minimum absolute atomic E-state index is 0.318. The Bertz CT molecular complexity index is 270. The molecule has 1 aromatic rings. The maximum atomic E-state index is 5.44. The highest BCUT2D eigenvalue weighted by molar-refractivity contribution is 4.95. The molecule has 0 saturated carbocycles. The van der Waals surface area contributed by atoms with Crippen molar-refractivity contribution in [3.05, 3.63) is 11.7 Å². The number of aromatic nitrogens is 2. The first-order chi connectivity index (χ1) is 6.65. The molecule has 1 unspecified atom stereocenters. The molecule has 4 nitrogen and oxygen atoms in total. The molecule has 80 valence electrons. The maximum absolute atomic E-state index is 5.44. The van der Waals surface area contributed by atoms with E-state index in [1.54, 1.807) is 0 Å². The lowest BCUT2D eigenvalue weighted by atomic mass is 10.1. The van der Waals surface area contributed by atoms with Gasteiger partial charge in [-0.25, -0.2) is 0 Å². The van der Waals surface area contributed by atoms with Gasteiger partial charge in [0.25, 0.3) is 0 Å². The van der Waals surface area contributed by atoms with Crippen molar-refractivity contribution in [2.75, 3.05) is 6.54 Å². The molecule has 1 rings (SSSR count). The molecule has 0 spiro atoms. The Morgan fingerprint density at radius 1 is 1.36 bits per heavy atom. The van der Waals surface area contributed by atoms with Gasteiger partial charge in [-0.15, -0.1) is 0 Å². The van der Waals surface area contributed by atoms with Gasteiger partial charge in [-0.2, -0.15) is 4.98 Å². The van der Waals surface area contributed by atoms with Crippen molar-refractivity contribution in [1.29, 1.82) is 0 Å². The predicted molar refractivity (Wildman–Crippen MR) is 55.1 cm³/mol. The van der Waals surface area contributed by atoms with Crippen molar-refractivity contribution in [3.63, 3.8) is 0 Å². The van der Waals surface area contributed by atoms with Crippen LogP contribution in [0.5, 0.6) is 0 Å². The van der Waals surface area contributed by atoms with Gasteiger partial charge in [-0.1, -0.05) is 25.9 Å². The minimum Gasteiger partial charge on any atom is -0.339 e. The maximum Gasteiger partial charge on any atom is 0.229 e. The van der Waals surface area contributed by atoms with Crippen molar-refractivity contribution >= 4 is 0 Å². The molecule has 0 fully saturated rings. The molecular formula is C10H19N3O. The Hall–Kier alpha value is -0.900. The van der Waals surface area contributed by atoms with Crippen LogP contribution < -0.4 is 5.73 Å². The zero-order chi connectivity index (χ0) is 10.6. The van der Waals surface area contributed by atoms with Crippen LogP contribution >= 0.6 is 0 Å². The van der Waals surface area contributed by atoms with Gasteiger partial charge >= 0.3 is 0 Å². The van der Waals surface area contributed by atoms with Gasteiger partial charge in [0.15, 0.2) is 5.82 Å². The first kappa shape index (κ1) is 11.2. The first-order valence-corrected chi connectivity index (χ1v) is 5.18. The van der Waals surface area contributed by atoms with E-state index in [4.69, 9.17) is 10.3 Å². The smallest absolute Gasteiger partial charge is 0.229 e. The summed E-state index contributed by atoms with van der Waals surface area (Å²) in [6.45, 7) is 6.92. The zero-order valence-corrected chi connectivity index (χ0v) is 9.16. The lowest BCUT2D eigenvalue weighted by Gasteiger charge is -2.03. The highest BCUT2D eigenvalue weighted by atomic mass is 16.5. The molecule has 2 N–H and O–H groups in total. The molecule has 4 heteroatoms. The van der Waals surface area contributed by atoms with Gasteiger partial charge in [0.05, 0.1) is 0 Å². The second-order valence-electron chi connectivity index (χ2n) is 3.98. The Labute approximate surface area is 84.9 Å². The Morgan fingerprint density at radius 2 is 2.07 bits per heavy atom. The second kappa shape index (κ2) is 5.10. The van der Waals surface area contributed by atoms with E-state index in [0.29, 0.717) is 11.8 Å². The first-order valence-electron chi connectivity index (χ1n) is 5.18. The topological polar surface area (TPSA) is 64.9 Å². The van der Waals surface area contributed by atoms with Gasteiger partial charge in [-0.05, 0) is 19.4 Å². The summed E-state index contributed by atoms with van der Waals surface area (Å²) in [5.41, 5.74) is 5.44. The fraction of sp³-hybridized carbons (Fsp3) is 0.800. The van der Waals surface area contributed by atoms with Crippen LogP contribution in [0.15, 0.2) is 4.52 Å². The van der Waals surface area contributed by atoms with Crippen LogP contribution in [0.1, 0.15) is 57.2 Å². The van der Waals surface area contributed by atoms with E-state index in [1.165, 1.54) is 0 Å². The molecule has 0 aliphatic carbocycles. The van der Waals surface area contributed by atoms with Gasteiger partial charge in [0, 0.05) is 11.8 Å². The summed E-state index contributed by atoms with van der Waals surface area (Å²) >= 11 is 0. The zero-order valence-electron chi connectivity index (χ0n) is 9.16. The molecule has 0 aliphatic rings. The van der Waals surface area contributed by atoms with E-state index >= 15 is 0 Å². The second-order valence-corrected chi connectivity index (χ2v) is 3.98.